The highest BCUT2D eigenvalue weighted by atomic mass is 16.7. The molecule has 0 aliphatic heterocycles. The van der Waals surface area contributed by atoms with Crippen molar-refractivity contribution in [2.75, 3.05) is 20.2 Å². The number of nitrogens with zero attached hydrogens (tertiary/aromatic N) is 2. The lowest BCUT2D eigenvalue weighted by atomic mass is 10.4. The van der Waals surface area contributed by atoms with E-state index in [0.29, 0.717) is 13.0 Å². The van der Waals surface area contributed by atoms with E-state index in [-0.39, 0.29) is 0 Å². The summed E-state index contributed by atoms with van der Waals surface area (Å²) in [5.74, 6) is 0. The number of hydroxylamine groups is 2. The molecule has 0 bridgehead atoms. The number of rotatable bonds is 5. The van der Waals surface area contributed by atoms with E-state index in [4.69, 9.17) is 10.1 Å². The van der Waals surface area contributed by atoms with Crippen molar-refractivity contribution in [1.29, 1.82) is 5.26 Å². The van der Waals surface area contributed by atoms with Gasteiger partial charge in [-0.05, 0) is 6.42 Å². The Morgan fingerprint density at radius 3 is 2.60 bits per heavy atom. The normalized spacial score (nSPS) is 9.80. The van der Waals surface area contributed by atoms with Crippen LogP contribution >= 0.6 is 0 Å². The van der Waals surface area contributed by atoms with Gasteiger partial charge in [-0.15, -0.1) is 0 Å². The van der Waals surface area contributed by atoms with E-state index in [1.54, 1.807) is 12.2 Å². The van der Waals surface area contributed by atoms with E-state index in [0.717, 1.165) is 13.0 Å². The molecule has 3 nitrogen and oxygen atoms in total. The summed E-state index contributed by atoms with van der Waals surface area (Å²) in [6, 6.07) is 2.07. The van der Waals surface area contributed by atoms with Crippen LogP contribution in [-0.2, 0) is 4.84 Å². The Morgan fingerprint density at radius 2 is 2.20 bits per heavy atom. The highest BCUT2D eigenvalue weighted by Crippen LogP contribution is 1.92. The zero-order chi connectivity index (χ0) is 7.82. The van der Waals surface area contributed by atoms with Crippen LogP contribution in [0, 0.1) is 11.3 Å². The summed E-state index contributed by atoms with van der Waals surface area (Å²) >= 11 is 0. The van der Waals surface area contributed by atoms with Gasteiger partial charge in [0.25, 0.3) is 0 Å². The Morgan fingerprint density at radius 1 is 1.50 bits per heavy atom. The van der Waals surface area contributed by atoms with Crippen LogP contribution in [0.4, 0.5) is 0 Å². The molecule has 0 aromatic carbocycles. The van der Waals surface area contributed by atoms with Crippen molar-refractivity contribution < 1.29 is 4.84 Å². The molecule has 0 fully saturated rings. The zero-order valence-electron chi connectivity index (χ0n) is 6.63. The molecule has 0 aliphatic carbocycles. The number of nitriles is 1. The van der Waals surface area contributed by atoms with E-state index in [1.807, 2.05) is 0 Å². The SMILES string of the molecule is CCCN(CCC#N)OC. The van der Waals surface area contributed by atoms with Crippen LogP contribution < -0.4 is 0 Å². The Bertz CT molecular complexity index is 109. The van der Waals surface area contributed by atoms with E-state index in [9.17, 15) is 0 Å². The fraction of sp³-hybridized carbons (Fsp3) is 0.857. The van der Waals surface area contributed by atoms with E-state index < -0.39 is 0 Å². The maximum Gasteiger partial charge on any atom is 0.0636 e. The molecule has 0 N–H and O–H groups in total. The third kappa shape index (κ3) is 4.30. The zero-order valence-corrected chi connectivity index (χ0v) is 6.63. The third-order valence-electron chi connectivity index (χ3n) is 1.20. The first kappa shape index (κ1) is 9.41. The maximum absolute atomic E-state index is 8.25. The molecule has 0 amide bonds. The highest BCUT2D eigenvalue weighted by molar-refractivity contribution is 4.69. The fourth-order valence-corrected chi connectivity index (χ4v) is 0.718. The lowest BCUT2D eigenvalue weighted by Gasteiger charge is -2.16. The molecule has 0 rings (SSSR count). The fourth-order valence-electron chi connectivity index (χ4n) is 0.718. The van der Waals surface area contributed by atoms with Crippen molar-refractivity contribution >= 4 is 0 Å². The van der Waals surface area contributed by atoms with Gasteiger partial charge in [0, 0.05) is 13.1 Å². The minimum absolute atomic E-state index is 0.536. The molecule has 58 valence electrons. The van der Waals surface area contributed by atoms with Gasteiger partial charge in [0.05, 0.1) is 19.6 Å². The lowest BCUT2D eigenvalue weighted by molar-refractivity contribution is -0.129. The maximum atomic E-state index is 8.25. The second-order valence-corrected chi connectivity index (χ2v) is 2.02. The first-order valence-corrected chi connectivity index (χ1v) is 3.51. The number of hydrogen-bond donors (Lipinski definition) is 0. The van der Waals surface area contributed by atoms with Gasteiger partial charge < -0.3 is 4.84 Å². The van der Waals surface area contributed by atoms with Crippen LogP contribution in [-0.4, -0.2) is 25.3 Å². The molecule has 0 spiro atoms. The first-order valence-electron chi connectivity index (χ1n) is 3.51. The molecule has 0 radical (unpaired) electrons. The summed E-state index contributed by atoms with van der Waals surface area (Å²) in [7, 11) is 1.63. The quantitative estimate of drug-likeness (QED) is 0.541. The molecule has 0 atom stereocenters. The summed E-state index contributed by atoms with van der Waals surface area (Å²) in [4.78, 5) is 4.97. The molecule has 0 aromatic rings. The van der Waals surface area contributed by atoms with Crippen molar-refractivity contribution in [2.24, 2.45) is 0 Å². The Labute approximate surface area is 62.1 Å². The minimum atomic E-state index is 0.536. The largest absolute Gasteiger partial charge is 0.302 e. The number of hydrogen-bond acceptors (Lipinski definition) is 3. The van der Waals surface area contributed by atoms with Crippen LogP contribution in [0.2, 0.25) is 0 Å². The molecular formula is C7H14N2O. The minimum Gasteiger partial charge on any atom is -0.302 e. The van der Waals surface area contributed by atoms with E-state index in [1.165, 1.54) is 0 Å². The van der Waals surface area contributed by atoms with Gasteiger partial charge >= 0.3 is 0 Å². The smallest absolute Gasteiger partial charge is 0.0636 e. The Balaban J connectivity index is 3.32. The predicted octanol–water partition coefficient (Wildman–Crippen LogP) is 1.17. The summed E-state index contributed by atoms with van der Waals surface area (Å²) in [6.45, 7) is 3.69. The Hall–Kier alpha value is -0.590. The van der Waals surface area contributed by atoms with Crippen LogP contribution in [0.3, 0.4) is 0 Å². The van der Waals surface area contributed by atoms with Gasteiger partial charge in [-0.25, -0.2) is 0 Å². The van der Waals surface area contributed by atoms with Crippen LogP contribution in [0.25, 0.3) is 0 Å². The van der Waals surface area contributed by atoms with Crippen LogP contribution in [0.15, 0.2) is 0 Å². The van der Waals surface area contributed by atoms with Crippen molar-refractivity contribution in [3.8, 4) is 6.07 Å². The van der Waals surface area contributed by atoms with Gasteiger partial charge in [-0.3, -0.25) is 0 Å². The van der Waals surface area contributed by atoms with Crippen molar-refractivity contribution in [2.45, 2.75) is 19.8 Å². The molecule has 0 saturated heterocycles. The molecule has 0 heterocycles. The summed E-state index contributed by atoms with van der Waals surface area (Å²) in [6.07, 6.45) is 1.59. The summed E-state index contributed by atoms with van der Waals surface area (Å²) < 4.78 is 0. The molecule has 0 aliphatic rings. The topological polar surface area (TPSA) is 36.3 Å². The second-order valence-electron chi connectivity index (χ2n) is 2.02. The van der Waals surface area contributed by atoms with E-state index >= 15 is 0 Å². The van der Waals surface area contributed by atoms with Crippen LogP contribution in [0.1, 0.15) is 19.8 Å². The monoisotopic (exact) mass is 142 g/mol. The average Bonchev–Trinajstić information content (AvgIpc) is 1.98. The van der Waals surface area contributed by atoms with Gasteiger partial charge in [-0.1, -0.05) is 6.92 Å². The van der Waals surface area contributed by atoms with Crippen molar-refractivity contribution in [3.63, 3.8) is 0 Å². The van der Waals surface area contributed by atoms with Crippen LogP contribution in [0.5, 0.6) is 0 Å². The van der Waals surface area contributed by atoms with Gasteiger partial charge in [0.2, 0.25) is 0 Å². The molecule has 0 saturated carbocycles. The van der Waals surface area contributed by atoms with Crippen molar-refractivity contribution in [3.05, 3.63) is 0 Å². The second kappa shape index (κ2) is 6.53. The Kier molecular flexibility index (Phi) is 6.14. The van der Waals surface area contributed by atoms with Crippen molar-refractivity contribution in [1.82, 2.24) is 5.06 Å². The molecule has 3 heteroatoms. The molecule has 0 aromatic heterocycles. The summed E-state index contributed by atoms with van der Waals surface area (Å²) in [5, 5.41) is 10.0. The predicted molar refractivity (Wildman–Crippen MR) is 39.1 cm³/mol. The van der Waals surface area contributed by atoms with Gasteiger partial charge in [0.1, 0.15) is 0 Å². The average molecular weight is 142 g/mol. The molecular weight excluding hydrogens is 128 g/mol. The third-order valence-corrected chi connectivity index (χ3v) is 1.20. The van der Waals surface area contributed by atoms with Gasteiger partial charge in [0.15, 0.2) is 0 Å². The lowest BCUT2D eigenvalue weighted by Crippen LogP contribution is -2.23. The first-order chi connectivity index (χ1) is 4.85. The molecule has 0 unspecified atom stereocenters. The van der Waals surface area contributed by atoms with E-state index in [2.05, 4.69) is 13.0 Å². The van der Waals surface area contributed by atoms with Gasteiger partial charge in [-0.2, -0.15) is 10.3 Å². The standard InChI is InChI=1S/C7H14N2O/c1-3-6-9(10-2)7-4-5-8/h3-4,6-7H2,1-2H3. The summed E-state index contributed by atoms with van der Waals surface area (Å²) in [5.41, 5.74) is 0. The molecule has 10 heavy (non-hydrogen) atoms. The highest BCUT2D eigenvalue weighted by Gasteiger charge is 1.98.